The van der Waals surface area contributed by atoms with Crippen molar-refractivity contribution >= 4 is 35.6 Å². The second-order valence-electron chi connectivity index (χ2n) is 5.55. The molecule has 23 heavy (non-hydrogen) atoms. The van der Waals surface area contributed by atoms with E-state index < -0.39 is 0 Å². The fraction of sp³-hybridized carbons (Fsp3) is 0.333. The third-order valence-electron chi connectivity index (χ3n) is 4.28. The molecule has 0 amide bonds. The Kier molecular flexibility index (Phi) is 7.86. The van der Waals surface area contributed by atoms with Gasteiger partial charge >= 0.3 is 0 Å². The van der Waals surface area contributed by atoms with Gasteiger partial charge in [0, 0.05) is 37.6 Å². The molecule has 0 saturated carbocycles. The van der Waals surface area contributed by atoms with Gasteiger partial charge in [-0.1, -0.05) is 36.4 Å². The van der Waals surface area contributed by atoms with Crippen LogP contribution in [-0.2, 0) is 0 Å². The number of nitrogens with one attached hydrogen (secondary N) is 1. The molecular weight excluding hydrogens is 331 g/mol. The summed E-state index contributed by atoms with van der Waals surface area (Å²) in [4.78, 5) is 2.51. The van der Waals surface area contributed by atoms with Crippen LogP contribution in [0.15, 0.2) is 49.1 Å². The Morgan fingerprint density at radius 3 is 2.39 bits per heavy atom. The molecule has 126 valence electrons. The van der Waals surface area contributed by atoms with E-state index in [1.54, 1.807) is 0 Å². The SMILES string of the molecule is C=CC[C@@H](c1ccc(O)c2ccccc12)N1CCNCC1.Cl.Cl. The molecule has 1 atom stereocenters. The van der Waals surface area contributed by atoms with Crippen LogP contribution in [0, 0.1) is 0 Å². The van der Waals surface area contributed by atoms with E-state index in [4.69, 9.17) is 0 Å². The summed E-state index contributed by atoms with van der Waals surface area (Å²) in [6.07, 6.45) is 2.92. The molecule has 1 aliphatic heterocycles. The maximum Gasteiger partial charge on any atom is 0.123 e. The minimum absolute atomic E-state index is 0. The molecule has 0 radical (unpaired) electrons. The lowest BCUT2D eigenvalue weighted by molar-refractivity contribution is 0.175. The average Bonchev–Trinajstić information content (AvgIpc) is 2.55. The Morgan fingerprint density at radius 2 is 1.74 bits per heavy atom. The number of phenols is 1. The molecule has 0 bridgehead atoms. The summed E-state index contributed by atoms with van der Waals surface area (Å²) in [7, 11) is 0. The molecule has 3 rings (SSSR count). The summed E-state index contributed by atoms with van der Waals surface area (Å²) >= 11 is 0. The molecule has 2 aromatic rings. The van der Waals surface area contributed by atoms with Crippen molar-refractivity contribution < 1.29 is 5.11 Å². The zero-order valence-electron chi connectivity index (χ0n) is 13.1. The fourth-order valence-corrected chi connectivity index (χ4v) is 3.22. The molecule has 1 fully saturated rings. The number of benzene rings is 2. The van der Waals surface area contributed by atoms with Crippen LogP contribution >= 0.6 is 24.8 Å². The molecule has 1 aliphatic rings. The standard InChI is InChI=1S/C18H22N2O.2ClH/c1-2-5-17(20-12-10-19-11-13-20)15-8-9-18(21)16-7-4-3-6-14(15)16;;/h2-4,6-9,17,19,21H,1,5,10-13H2;2*1H/t17-;;/m0../s1. The average molecular weight is 355 g/mol. The molecule has 2 N–H and O–H groups in total. The summed E-state index contributed by atoms with van der Waals surface area (Å²) < 4.78 is 0. The van der Waals surface area contributed by atoms with E-state index in [0.29, 0.717) is 11.8 Å². The fourth-order valence-electron chi connectivity index (χ4n) is 3.22. The Bertz CT molecular complexity index is 642. The molecule has 5 heteroatoms. The quantitative estimate of drug-likeness (QED) is 0.817. The van der Waals surface area contributed by atoms with Crippen molar-refractivity contribution in [3.8, 4) is 5.75 Å². The Hall–Kier alpha value is -1.26. The second-order valence-corrected chi connectivity index (χ2v) is 5.55. The first-order valence-electron chi connectivity index (χ1n) is 7.57. The highest BCUT2D eigenvalue weighted by Crippen LogP contribution is 2.35. The molecule has 1 saturated heterocycles. The van der Waals surface area contributed by atoms with Gasteiger partial charge in [-0.25, -0.2) is 0 Å². The van der Waals surface area contributed by atoms with Gasteiger partial charge in [-0.15, -0.1) is 31.4 Å². The van der Waals surface area contributed by atoms with E-state index >= 15 is 0 Å². The third-order valence-corrected chi connectivity index (χ3v) is 4.28. The van der Waals surface area contributed by atoms with Gasteiger partial charge in [0.15, 0.2) is 0 Å². The molecule has 0 aliphatic carbocycles. The van der Waals surface area contributed by atoms with Gasteiger partial charge in [0.25, 0.3) is 0 Å². The maximum atomic E-state index is 10.1. The Morgan fingerprint density at radius 1 is 1.09 bits per heavy atom. The third kappa shape index (κ3) is 4.18. The van der Waals surface area contributed by atoms with Gasteiger partial charge < -0.3 is 10.4 Å². The van der Waals surface area contributed by atoms with Gasteiger partial charge in [0.1, 0.15) is 5.75 Å². The van der Waals surface area contributed by atoms with Gasteiger partial charge in [-0.3, -0.25) is 4.90 Å². The summed E-state index contributed by atoms with van der Waals surface area (Å²) in [6.45, 7) is 8.09. The number of nitrogens with zero attached hydrogens (tertiary/aromatic N) is 1. The van der Waals surface area contributed by atoms with Crippen LogP contribution in [0.4, 0.5) is 0 Å². The number of piperazine rings is 1. The van der Waals surface area contributed by atoms with Crippen molar-refractivity contribution in [3.63, 3.8) is 0 Å². The highest BCUT2D eigenvalue weighted by Gasteiger charge is 2.23. The number of hydrogen-bond donors (Lipinski definition) is 2. The summed E-state index contributed by atoms with van der Waals surface area (Å²) in [5.41, 5.74) is 1.28. The molecular formula is C18H24Cl2N2O. The molecule has 1 heterocycles. The van der Waals surface area contributed by atoms with Crippen LogP contribution in [0.5, 0.6) is 5.75 Å². The summed E-state index contributed by atoms with van der Waals surface area (Å²) in [6, 6.07) is 12.3. The van der Waals surface area contributed by atoms with Crippen LogP contribution in [-0.4, -0.2) is 36.2 Å². The lowest BCUT2D eigenvalue weighted by Crippen LogP contribution is -2.45. The maximum absolute atomic E-state index is 10.1. The van der Waals surface area contributed by atoms with Crippen molar-refractivity contribution in [3.05, 3.63) is 54.6 Å². The first kappa shape index (κ1) is 19.8. The number of fused-ring (bicyclic) bond motifs is 1. The molecule has 3 nitrogen and oxygen atoms in total. The minimum atomic E-state index is 0. The topological polar surface area (TPSA) is 35.5 Å². The second kappa shape index (κ2) is 9.14. The van der Waals surface area contributed by atoms with E-state index in [1.807, 2.05) is 30.3 Å². The zero-order chi connectivity index (χ0) is 14.7. The van der Waals surface area contributed by atoms with E-state index in [0.717, 1.165) is 43.4 Å². The van der Waals surface area contributed by atoms with E-state index in [-0.39, 0.29) is 24.8 Å². The molecule has 2 aromatic carbocycles. The van der Waals surface area contributed by atoms with Crippen LogP contribution in [0.25, 0.3) is 10.8 Å². The monoisotopic (exact) mass is 354 g/mol. The zero-order valence-corrected chi connectivity index (χ0v) is 14.7. The predicted molar refractivity (Wildman–Crippen MR) is 102 cm³/mol. The number of phenolic OH excluding ortho intramolecular Hbond substituents is 1. The Balaban J connectivity index is 0.00000132. The first-order chi connectivity index (χ1) is 10.3. The predicted octanol–water partition coefficient (Wildman–Crippen LogP) is 3.91. The largest absolute Gasteiger partial charge is 0.507 e. The van der Waals surface area contributed by atoms with Gasteiger partial charge in [0.05, 0.1) is 0 Å². The van der Waals surface area contributed by atoms with Crippen LogP contribution in [0.3, 0.4) is 0 Å². The van der Waals surface area contributed by atoms with E-state index in [1.165, 1.54) is 5.56 Å². The number of halogens is 2. The van der Waals surface area contributed by atoms with Gasteiger partial charge in [-0.2, -0.15) is 0 Å². The van der Waals surface area contributed by atoms with E-state index in [2.05, 4.69) is 28.9 Å². The molecule has 0 aromatic heterocycles. The summed E-state index contributed by atoms with van der Waals surface area (Å²) in [5.74, 6) is 0.354. The number of aromatic hydroxyl groups is 1. The molecule has 0 unspecified atom stereocenters. The minimum Gasteiger partial charge on any atom is -0.507 e. The van der Waals surface area contributed by atoms with Gasteiger partial charge in [-0.05, 0) is 23.4 Å². The highest BCUT2D eigenvalue weighted by molar-refractivity contribution is 5.91. The first-order valence-corrected chi connectivity index (χ1v) is 7.57. The van der Waals surface area contributed by atoms with E-state index in [9.17, 15) is 5.11 Å². The lowest BCUT2D eigenvalue weighted by atomic mass is 9.94. The van der Waals surface area contributed by atoms with Crippen molar-refractivity contribution in [1.29, 1.82) is 0 Å². The highest BCUT2D eigenvalue weighted by atomic mass is 35.5. The Labute approximate surface area is 150 Å². The smallest absolute Gasteiger partial charge is 0.123 e. The normalized spacial score (nSPS) is 16.2. The van der Waals surface area contributed by atoms with Crippen LogP contribution in [0.2, 0.25) is 0 Å². The van der Waals surface area contributed by atoms with Crippen molar-refractivity contribution in [2.75, 3.05) is 26.2 Å². The van der Waals surface area contributed by atoms with Crippen LogP contribution < -0.4 is 5.32 Å². The molecule has 0 spiro atoms. The number of hydrogen-bond acceptors (Lipinski definition) is 3. The lowest BCUT2D eigenvalue weighted by Gasteiger charge is -2.35. The van der Waals surface area contributed by atoms with Crippen molar-refractivity contribution in [2.45, 2.75) is 12.5 Å². The number of rotatable bonds is 4. The van der Waals surface area contributed by atoms with Crippen molar-refractivity contribution in [1.82, 2.24) is 10.2 Å². The van der Waals surface area contributed by atoms with Crippen molar-refractivity contribution in [2.24, 2.45) is 0 Å². The van der Waals surface area contributed by atoms with Crippen LogP contribution in [0.1, 0.15) is 18.0 Å². The summed E-state index contributed by atoms with van der Waals surface area (Å²) in [5, 5.41) is 15.5. The van der Waals surface area contributed by atoms with Gasteiger partial charge in [0.2, 0.25) is 0 Å².